The van der Waals surface area contributed by atoms with Crippen molar-refractivity contribution in [3.8, 4) is 0 Å². The topological polar surface area (TPSA) is 31.5 Å². The lowest BCUT2D eigenvalue weighted by molar-refractivity contribution is 0.195. The molecule has 1 fully saturated rings. The molecule has 1 nitrogen and oxygen atoms in total. The van der Waals surface area contributed by atoms with Crippen molar-refractivity contribution in [2.24, 2.45) is 5.92 Å². The van der Waals surface area contributed by atoms with Crippen molar-refractivity contribution in [2.45, 2.75) is 72.9 Å². The summed E-state index contributed by atoms with van der Waals surface area (Å²) < 4.78 is 12.6. The SMILES string of the molecule is CC.CC.CCC1CCCC(F)C1.O. The van der Waals surface area contributed by atoms with E-state index in [0.29, 0.717) is 5.92 Å². The summed E-state index contributed by atoms with van der Waals surface area (Å²) in [7, 11) is 0. The summed E-state index contributed by atoms with van der Waals surface area (Å²) in [5.41, 5.74) is 0. The maximum Gasteiger partial charge on any atom is 0.100 e. The van der Waals surface area contributed by atoms with Gasteiger partial charge >= 0.3 is 0 Å². The highest BCUT2D eigenvalue weighted by Gasteiger charge is 2.19. The summed E-state index contributed by atoms with van der Waals surface area (Å²) in [5, 5.41) is 0. The Labute approximate surface area is 89.4 Å². The third kappa shape index (κ3) is 9.97. The molecule has 0 amide bonds. The first-order valence-corrected chi connectivity index (χ1v) is 5.97. The number of hydrogen-bond acceptors (Lipinski definition) is 0. The Morgan fingerprint density at radius 3 is 1.86 bits per heavy atom. The molecule has 0 heterocycles. The van der Waals surface area contributed by atoms with Crippen LogP contribution in [0, 0.1) is 5.92 Å². The Morgan fingerprint density at radius 2 is 1.57 bits per heavy atom. The van der Waals surface area contributed by atoms with E-state index in [1.807, 2.05) is 27.7 Å². The number of rotatable bonds is 1. The van der Waals surface area contributed by atoms with E-state index in [-0.39, 0.29) is 5.48 Å². The molecule has 0 radical (unpaired) electrons. The third-order valence-electron chi connectivity index (χ3n) is 2.30. The van der Waals surface area contributed by atoms with Gasteiger partial charge in [0.25, 0.3) is 0 Å². The van der Waals surface area contributed by atoms with Gasteiger partial charge in [-0.05, 0) is 18.8 Å². The quantitative estimate of drug-likeness (QED) is 0.620. The minimum absolute atomic E-state index is 0. The molecule has 1 aliphatic carbocycles. The summed E-state index contributed by atoms with van der Waals surface area (Å²) in [6.45, 7) is 10.2. The number of hydrogen-bond donors (Lipinski definition) is 0. The van der Waals surface area contributed by atoms with Crippen molar-refractivity contribution in [3.63, 3.8) is 0 Å². The van der Waals surface area contributed by atoms with Crippen LogP contribution in [0.1, 0.15) is 66.7 Å². The van der Waals surface area contributed by atoms with Crippen molar-refractivity contribution in [3.05, 3.63) is 0 Å². The van der Waals surface area contributed by atoms with Gasteiger partial charge < -0.3 is 5.48 Å². The molecule has 1 saturated carbocycles. The molecule has 0 aromatic carbocycles. The summed E-state index contributed by atoms with van der Waals surface area (Å²) in [6.07, 6.45) is 4.70. The first kappa shape index (κ1) is 19.5. The molecule has 0 saturated heterocycles. The Hall–Kier alpha value is -0.110. The van der Waals surface area contributed by atoms with Crippen LogP contribution in [0.4, 0.5) is 4.39 Å². The zero-order valence-electron chi connectivity index (χ0n) is 10.6. The van der Waals surface area contributed by atoms with Crippen LogP contribution < -0.4 is 0 Å². The standard InChI is InChI=1S/C8H15F.2C2H6.H2O/c1-2-7-4-3-5-8(9)6-7;2*1-2;/h7-8H,2-6H2,1H3;2*1-2H3;1H2. The van der Waals surface area contributed by atoms with Crippen LogP contribution in [0.5, 0.6) is 0 Å². The zero-order chi connectivity index (χ0) is 10.7. The minimum Gasteiger partial charge on any atom is -0.412 e. The molecule has 0 aromatic heterocycles. The summed E-state index contributed by atoms with van der Waals surface area (Å²) in [6, 6.07) is 0. The van der Waals surface area contributed by atoms with Crippen molar-refractivity contribution >= 4 is 0 Å². The van der Waals surface area contributed by atoms with E-state index in [9.17, 15) is 4.39 Å². The largest absolute Gasteiger partial charge is 0.412 e. The van der Waals surface area contributed by atoms with Crippen LogP contribution in [-0.4, -0.2) is 11.6 Å². The predicted molar refractivity (Wildman–Crippen MR) is 63.5 cm³/mol. The maximum absolute atomic E-state index is 12.6. The lowest BCUT2D eigenvalue weighted by atomic mass is 9.86. The van der Waals surface area contributed by atoms with Gasteiger partial charge in [0.2, 0.25) is 0 Å². The van der Waals surface area contributed by atoms with Gasteiger partial charge in [0.15, 0.2) is 0 Å². The Morgan fingerprint density at radius 1 is 1.07 bits per heavy atom. The van der Waals surface area contributed by atoms with Gasteiger partial charge in [-0.15, -0.1) is 0 Å². The highest BCUT2D eigenvalue weighted by Crippen LogP contribution is 2.27. The average molecular weight is 208 g/mol. The molecule has 2 heteroatoms. The molecule has 2 atom stereocenters. The van der Waals surface area contributed by atoms with Gasteiger partial charge in [-0.2, -0.15) is 0 Å². The van der Waals surface area contributed by atoms with E-state index in [2.05, 4.69) is 6.92 Å². The van der Waals surface area contributed by atoms with Gasteiger partial charge in [-0.25, -0.2) is 4.39 Å². The zero-order valence-corrected chi connectivity index (χ0v) is 10.6. The van der Waals surface area contributed by atoms with Gasteiger partial charge in [0.05, 0.1) is 0 Å². The van der Waals surface area contributed by atoms with E-state index >= 15 is 0 Å². The minimum atomic E-state index is -0.483. The fraction of sp³-hybridized carbons (Fsp3) is 1.00. The molecule has 1 aliphatic rings. The molecule has 2 N–H and O–H groups in total. The molecule has 1 rings (SSSR count). The first-order valence-electron chi connectivity index (χ1n) is 5.97. The number of alkyl halides is 1. The molecular formula is C12H29FO. The maximum atomic E-state index is 12.6. The lowest BCUT2D eigenvalue weighted by Crippen LogP contribution is -2.15. The monoisotopic (exact) mass is 208 g/mol. The predicted octanol–water partition coefficient (Wildman–Crippen LogP) is 4.15. The van der Waals surface area contributed by atoms with E-state index < -0.39 is 6.17 Å². The molecule has 0 aromatic rings. The van der Waals surface area contributed by atoms with Gasteiger partial charge in [0, 0.05) is 0 Å². The van der Waals surface area contributed by atoms with Crippen molar-refractivity contribution < 1.29 is 9.87 Å². The molecule has 0 bridgehead atoms. The van der Waals surface area contributed by atoms with Crippen molar-refractivity contribution in [2.75, 3.05) is 0 Å². The molecule has 0 spiro atoms. The van der Waals surface area contributed by atoms with Crippen molar-refractivity contribution in [1.82, 2.24) is 0 Å². The smallest absolute Gasteiger partial charge is 0.100 e. The second-order valence-electron chi connectivity index (χ2n) is 3.04. The van der Waals surface area contributed by atoms with E-state index in [4.69, 9.17) is 0 Å². The van der Waals surface area contributed by atoms with Crippen LogP contribution in [-0.2, 0) is 0 Å². The summed E-state index contributed by atoms with van der Waals surface area (Å²) in [5.74, 6) is 0.689. The summed E-state index contributed by atoms with van der Waals surface area (Å²) >= 11 is 0. The fourth-order valence-corrected chi connectivity index (χ4v) is 1.60. The van der Waals surface area contributed by atoms with Crippen LogP contribution in [0.2, 0.25) is 0 Å². The molecule has 2 unspecified atom stereocenters. The van der Waals surface area contributed by atoms with Crippen LogP contribution in [0.15, 0.2) is 0 Å². The first-order chi connectivity index (χ1) is 6.33. The van der Waals surface area contributed by atoms with Gasteiger partial charge in [0.1, 0.15) is 6.17 Å². The van der Waals surface area contributed by atoms with E-state index in [1.54, 1.807) is 0 Å². The third-order valence-corrected chi connectivity index (χ3v) is 2.30. The van der Waals surface area contributed by atoms with Crippen LogP contribution >= 0.6 is 0 Å². The van der Waals surface area contributed by atoms with Gasteiger partial charge in [-0.1, -0.05) is 53.9 Å². The fourth-order valence-electron chi connectivity index (χ4n) is 1.60. The van der Waals surface area contributed by atoms with Gasteiger partial charge in [-0.3, -0.25) is 0 Å². The Balaban J connectivity index is -0.000000216. The highest BCUT2D eigenvalue weighted by atomic mass is 19.1. The van der Waals surface area contributed by atoms with Crippen LogP contribution in [0.3, 0.4) is 0 Å². The Bertz CT molecular complexity index is 86.4. The normalized spacial score (nSPS) is 24.4. The van der Waals surface area contributed by atoms with E-state index in [1.165, 1.54) is 12.8 Å². The molecule has 14 heavy (non-hydrogen) atoms. The highest BCUT2D eigenvalue weighted by molar-refractivity contribution is 4.70. The number of halogens is 1. The van der Waals surface area contributed by atoms with Crippen LogP contribution in [0.25, 0.3) is 0 Å². The lowest BCUT2D eigenvalue weighted by Gasteiger charge is -2.22. The average Bonchev–Trinajstić information content (AvgIpc) is 2.24. The second kappa shape index (κ2) is 15.4. The Kier molecular flexibility index (Phi) is 21.4. The summed E-state index contributed by atoms with van der Waals surface area (Å²) in [4.78, 5) is 0. The van der Waals surface area contributed by atoms with Crippen molar-refractivity contribution in [1.29, 1.82) is 0 Å². The molecule has 0 aliphatic heterocycles. The second-order valence-corrected chi connectivity index (χ2v) is 3.04. The van der Waals surface area contributed by atoms with E-state index in [0.717, 1.165) is 19.3 Å². The molecule has 90 valence electrons. The molecular weight excluding hydrogens is 179 g/mol.